The largest absolute Gasteiger partial charge is 0.494 e. The van der Waals surface area contributed by atoms with Crippen molar-refractivity contribution in [1.29, 1.82) is 0 Å². The Bertz CT molecular complexity index is 1740. The second-order valence-electron chi connectivity index (χ2n) is 9.03. The molecule has 11 heteroatoms. The monoisotopic (exact) mass is 503 g/mol. The molecule has 0 spiro atoms. The first-order valence-electron chi connectivity index (χ1n) is 12.0. The average Bonchev–Trinajstić information content (AvgIpc) is 3.65. The molecular formula is C26H23F2N7O2. The number of fused-ring (bicyclic) bond motifs is 2. The molecule has 1 fully saturated rings. The quantitative estimate of drug-likeness (QED) is 0.365. The van der Waals surface area contributed by atoms with Crippen LogP contribution in [0.15, 0.2) is 47.5 Å². The van der Waals surface area contributed by atoms with Crippen molar-refractivity contribution in [2.24, 2.45) is 0 Å². The van der Waals surface area contributed by atoms with Gasteiger partial charge in [-0.2, -0.15) is 5.10 Å². The van der Waals surface area contributed by atoms with Gasteiger partial charge in [-0.1, -0.05) is 13.0 Å². The van der Waals surface area contributed by atoms with Gasteiger partial charge < -0.3 is 10.5 Å². The second-order valence-corrected chi connectivity index (χ2v) is 9.03. The maximum absolute atomic E-state index is 14.6. The molecule has 3 heterocycles. The highest BCUT2D eigenvalue weighted by molar-refractivity contribution is 5.98. The third kappa shape index (κ3) is 3.61. The fourth-order valence-corrected chi connectivity index (χ4v) is 4.83. The highest BCUT2D eigenvalue weighted by atomic mass is 19.1. The lowest BCUT2D eigenvalue weighted by Crippen LogP contribution is -2.29. The number of nitrogen functional groups attached to an aromatic ring is 1. The minimum absolute atomic E-state index is 0.0284. The summed E-state index contributed by atoms with van der Waals surface area (Å²) in [6.45, 7) is 1.94. The van der Waals surface area contributed by atoms with Crippen molar-refractivity contribution < 1.29 is 13.5 Å². The summed E-state index contributed by atoms with van der Waals surface area (Å²) in [6, 6.07) is 8.33. The minimum atomic E-state index is -0.599. The molecule has 37 heavy (non-hydrogen) atoms. The average molecular weight is 504 g/mol. The smallest absolute Gasteiger partial charge is 0.264 e. The Kier molecular flexibility index (Phi) is 5.36. The van der Waals surface area contributed by atoms with Gasteiger partial charge in [-0.05, 0) is 49.6 Å². The fraction of sp³-hybridized carbons (Fsp3) is 0.269. The molecule has 0 bridgehead atoms. The van der Waals surface area contributed by atoms with Crippen molar-refractivity contribution in [1.82, 2.24) is 29.3 Å². The van der Waals surface area contributed by atoms with Crippen molar-refractivity contribution in [2.75, 3.05) is 12.8 Å². The second kappa shape index (κ2) is 8.61. The van der Waals surface area contributed by atoms with Crippen LogP contribution in [0.2, 0.25) is 0 Å². The Morgan fingerprint density at radius 3 is 2.65 bits per heavy atom. The van der Waals surface area contributed by atoms with Gasteiger partial charge in [0.15, 0.2) is 17.2 Å². The fourth-order valence-electron chi connectivity index (χ4n) is 4.83. The van der Waals surface area contributed by atoms with Crippen molar-refractivity contribution in [3.8, 4) is 17.0 Å². The Hall–Kier alpha value is -4.41. The van der Waals surface area contributed by atoms with Gasteiger partial charge in [0.2, 0.25) is 0 Å². The Morgan fingerprint density at radius 2 is 1.95 bits per heavy atom. The van der Waals surface area contributed by atoms with Crippen molar-refractivity contribution >= 4 is 27.8 Å². The van der Waals surface area contributed by atoms with Crippen LogP contribution in [0.3, 0.4) is 0 Å². The molecule has 1 aliphatic carbocycles. The number of hydrogen-bond donors (Lipinski definition) is 1. The number of nitrogens with zero attached hydrogens (tertiary/aromatic N) is 6. The summed E-state index contributed by atoms with van der Waals surface area (Å²) >= 11 is 0. The summed E-state index contributed by atoms with van der Waals surface area (Å²) in [5, 5.41) is 5.24. The third-order valence-electron chi connectivity index (χ3n) is 6.74. The molecule has 1 atom stereocenters. The van der Waals surface area contributed by atoms with Gasteiger partial charge in [-0.3, -0.25) is 9.36 Å². The summed E-state index contributed by atoms with van der Waals surface area (Å²) in [5.74, 6) is -0.402. The third-order valence-corrected chi connectivity index (χ3v) is 6.74. The number of anilines is 1. The van der Waals surface area contributed by atoms with Gasteiger partial charge >= 0.3 is 0 Å². The molecule has 0 saturated heterocycles. The number of aromatic nitrogens is 6. The van der Waals surface area contributed by atoms with Crippen LogP contribution in [0, 0.1) is 11.6 Å². The maximum Gasteiger partial charge on any atom is 0.264 e. The first-order chi connectivity index (χ1) is 17.9. The van der Waals surface area contributed by atoms with E-state index in [1.165, 1.54) is 37.7 Å². The Balaban J connectivity index is 1.62. The summed E-state index contributed by atoms with van der Waals surface area (Å²) in [6.07, 6.45) is 3.43. The highest BCUT2D eigenvalue weighted by Crippen LogP contribution is 2.39. The molecule has 1 aliphatic rings. The van der Waals surface area contributed by atoms with E-state index in [2.05, 4.69) is 9.97 Å². The standard InChI is InChI=1S/C26H23F2N7O2/c1-3-18(24-32-17-6-4-5-15(27)20(17)26(36)34(24)14-8-9-14)35-25-21(23(29)30-12-31-25)22(33-35)13-7-10-19(37-2)16(28)11-13/h4-7,10-12,14,18H,3,8-9H2,1-2H3,(H2,29,30,31)/t18-/m1/s1. The normalized spacial score (nSPS) is 14.4. The first kappa shape index (κ1) is 23.0. The summed E-state index contributed by atoms with van der Waals surface area (Å²) in [5.41, 5.74) is 7.38. The number of halogens is 2. The zero-order chi connectivity index (χ0) is 25.8. The van der Waals surface area contributed by atoms with Crippen molar-refractivity contribution in [3.05, 3.63) is 70.5 Å². The lowest BCUT2D eigenvalue weighted by atomic mass is 10.1. The molecule has 0 unspecified atom stereocenters. The topological polar surface area (TPSA) is 114 Å². The zero-order valence-electron chi connectivity index (χ0n) is 20.2. The number of benzene rings is 2. The summed E-state index contributed by atoms with van der Waals surface area (Å²) < 4.78 is 37.5. The van der Waals surface area contributed by atoms with Crippen molar-refractivity contribution in [3.63, 3.8) is 0 Å². The van der Waals surface area contributed by atoms with E-state index in [0.717, 1.165) is 12.8 Å². The number of nitrogens with two attached hydrogens (primary N) is 1. The van der Waals surface area contributed by atoms with E-state index in [-0.39, 0.29) is 28.5 Å². The van der Waals surface area contributed by atoms with Crippen LogP contribution >= 0.6 is 0 Å². The maximum atomic E-state index is 14.6. The van der Waals surface area contributed by atoms with Crippen LogP contribution in [0.4, 0.5) is 14.6 Å². The molecule has 0 amide bonds. The van der Waals surface area contributed by atoms with Crippen LogP contribution in [-0.4, -0.2) is 36.4 Å². The van der Waals surface area contributed by atoms with Crippen LogP contribution < -0.4 is 16.0 Å². The van der Waals surface area contributed by atoms with Crippen LogP contribution in [0.5, 0.6) is 5.75 Å². The predicted molar refractivity (Wildman–Crippen MR) is 134 cm³/mol. The molecule has 5 aromatic rings. The molecule has 2 aromatic carbocycles. The number of hydrogen-bond acceptors (Lipinski definition) is 7. The van der Waals surface area contributed by atoms with E-state index in [1.807, 2.05) is 6.92 Å². The van der Waals surface area contributed by atoms with Gasteiger partial charge in [-0.25, -0.2) is 28.4 Å². The molecule has 0 aliphatic heterocycles. The van der Waals surface area contributed by atoms with Crippen LogP contribution in [0.1, 0.15) is 44.1 Å². The summed E-state index contributed by atoms with van der Waals surface area (Å²) in [4.78, 5) is 26.8. The Morgan fingerprint density at radius 1 is 1.14 bits per heavy atom. The predicted octanol–water partition coefficient (Wildman–Crippen LogP) is 4.41. The molecule has 3 aromatic heterocycles. The van der Waals surface area contributed by atoms with E-state index in [4.69, 9.17) is 20.6 Å². The number of ether oxygens (including phenoxy) is 1. The van der Waals surface area contributed by atoms with E-state index >= 15 is 0 Å². The molecule has 2 N–H and O–H groups in total. The van der Waals surface area contributed by atoms with Gasteiger partial charge in [0.05, 0.1) is 18.0 Å². The summed E-state index contributed by atoms with van der Waals surface area (Å²) in [7, 11) is 1.39. The lowest BCUT2D eigenvalue weighted by Gasteiger charge is -2.21. The number of rotatable bonds is 6. The highest BCUT2D eigenvalue weighted by Gasteiger charge is 2.33. The molecule has 6 rings (SSSR count). The van der Waals surface area contributed by atoms with Gasteiger partial charge in [-0.15, -0.1) is 0 Å². The van der Waals surface area contributed by atoms with Gasteiger partial charge in [0.1, 0.15) is 40.9 Å². The molecular weight excluding hydrogens is 480 g/mol. The van der Waals surface area contributed by atoms with E-state index in [0.29, 0.717) is 34.5 Å². The van der Waals surface area contributed by atoms with Crippen LogP contribution in [0.25, 0.3) is 33.2 Å². The van der Waals surface area contributed by atoms with E-state index in [1.54, 1.807) is 21.4 Å². The number of methoxy groups -OCH3 is 1. The van der Waals surface area contributed by atoms with E-state index < -0.39 is 23.2 Å². The molecule has 188 valence electrons. The first-order valence-corrected chi connectivity index (χ1v) is 12.0. The molecule has 0 radical (unpaired) electrons. The van der Waals surface area contributed by atoms with Crippen molar-refractivity contribution in [2.45, 2.75) is 38.3 Å². The molecule has 9 nitrogen and oxygen atoms in total. The zero-order valence-corrected chi connectivity index (χ0v) is 20.2. The van der Waals surface area contributed by atoms with E-state index in [9.17, 15) is 13.6 Å². The molecule has 1 saturated carbocycles. The Labute approximate surface area is 209 Å². The SMILES string of the molecule is CC[C@H](c1nc2cccc(F)c2c(=O)n1C1CC1)n1nc(-c2ccc(OC)c(F)c2)c2c(N)ncnc21. The minimum Gasteiger partial charge on any atom is -0.494 e. The lowest BCUT2D eigenvalue weighted by molar-refractivity contribution is 0.386. The van der Waals surface area contributed by atoms with Gasteiger partial charge in [0, 0.05) is 11.6 Å². The van der Waals surface area contributed by atoms with Gasteiger partial charge in [0.25, 0.3) is 5.56 Å². The van der Waals surface area contributed by atoms with Crippen LogP contribution in [-0.2, 0) is 0 Å².